The van der Waals surface area contributed by atoms with E-state index in [4.69, 9.17) is 44.8 Å². The highest BCUT2D eigenvalue weighted by atomic mass is 127. The molecular weight excluding hydrogens is 440 g/mol. The van der Waals surface area contributed by atoms with Crippen LogP contribution in [0.3, 0.4) is 0 Å². The predicted octanol–water partition coefficient (Wildman–Crippen LogP) is 1.20. The van der Waals surface area contributed by atoms with E-state index in [1.54, 1.807) is 0 Å². The molecule has 0 amide bonds. The van der Waals surface area contributed by atoms with Crippen LogP contribution in [-0.2, 0) is 79.1 Å². The molecule has 0 aliphatic heterocycles. The molecule has 0 spiro atoms. The van der Waals surface area contributed by atoms with Crippen LogP contribution in [0.25, 0.3) is 0 Å². The van der Waals surface area contributed by atoms with E-state index in [0.29, 0.717) is 0 Å². The molecule has 0 saturated heterocycles. The molecule has 0 saturated carbocycles. The van der Waals surface area contributed by atoms with Crippen molar-refractivity contribution in [3.05, 3.63) is 0 Å². The Balaban J connectivity index is 7.23. The summed E-state index contributed by atoms with van der Waals surface area (Å²) >= 11 is 23.2. The van der Waals surface area contributed by atoms with Crippen LogP contribution in [-0.4, -0.2) is 12.5 Å². The van der Waals surface area contributed by atoms with E-state index in [0.717, 1.165) is 0 Å². The number of rotatable bonds is 0. The molecule has 0 nitrogen and oxygen atoms in total. The van der Waals surface area contributed by atoms with Crippen molar-refractivity contribution in [2.24, 2.45) is 0 Å². The molecule has 0 aliphatic rings. The molecule has 0 unspecified atom stereocenters. The van der Waals surface area contributed by atoms with Gasteiger partial charge in [0.1, 0.15) is 0 Å². The van der Waals surface area contributed by atoms with Crippen LogP contribution in [0.1, 0.15) is 0 Å². The predicted molar refractivity (Wildman–Crippen MR) is 92.2 cm³/mol. The van der Waals surface area contributed by atoms with Crippen molar-refractivity contribution in [1.82, 2.24) is 0 Å². The summed E-state index contributed by atoms with van der Waals surface area (Å²) in [5, 5.41) is -0.179. The van der Waals surface area contributed by atoms with Crippen molar-refractivity contribution in [1.29, 1.82) is 0 Å². The van der Waals surface area contributed by atoms with Gasteiger partial charge in [0.25, 0.3) is 0 Å². The summed E-state index contributed by atoms with van der Waals surface area (Å²) in [5.74, 6) is 0. The molecule has 0 fully saturated rings. The minimum absolute atomic E-state index is 0.120. The third-order valence-electron chi connectivity index (χ3n) is 0.601. The minimum Gasteiger partial charge on any atom is -0.282 e. The van der Waals surface area contributed by atoms with Gasteiger partial charge in [-0.1, -0.05) is 0 Å². The van der Waals surface area contributed by atoms with E-state index in [9.17, 15) is 0 Å². The summed E-state index contributed by atoms with van der Waals surface area (Å²) in [7, 11) is 0.218. The fourth-order valence-electron chi connectivity index (χ4n) is 0.200. The van der Waals surface area contributed by atoms with E-state index >= 15 is 0 Å². The summed E-state index contributed by atoms with van der Waals surface area (Å²) in [6.45, 7) is -0.605. The van der Waals surface area contributed by atoms with Crippen LogP contribution in [0.5, 0.6) is 0 Å². The Bertz CT molecular complexity index is 585. The van der Waals surface area contributed by atoms with Crippen molar-refractivity contribution in [3.8, 4) is 0 Å². The van der Waals surface area contributed by atoms with E-state index in [1.165, 1.54) is 0 Å². The lowest BCUT2D eigenvalue weighted by Gasteiger charge is -1.84. The van der Waals surface area contributed by atoms with Gasteiger partial charge in [-0.15, -0.1) is 9.45 Å². The van der Waals surface area contributed by atoms with Crippen molar-refractivity contribution < 1.29 is 0 Å². The summed E-state index contributed by atoms with van der Waals surface area (Å²) in [5.41, 5.74) is 0. The number of hydrogen-bond donors (Lipinski definition) is 0. The topological polar surface area (TPSA) is 0 Å². The molecule has 0 heterocycles. The SMILES string of the molecule is CS(C)=S(=S)=S(=S)=S(=S)=[S-](=S)I. The van der Waals surface area contributed by atoms with E-state index in [-0.39, 0.29) is 34.4 Å². The fourth-order valence-corrected chi connectivity index (χ4v) is 36.9. The zero-order valence-electron chi connectivity index (χ0n) is 6.05. The lowest BCUT2D eigenvalue weighted by Crippen LogP contribution is -1.77. The van der Waals surface area contributed by atoms with Gasteiger partial charge in [-0.05, 0) is 59.2 Å². The first-order valence-electron chi connectivity index (χ1n) is 2.30. The molecular formula is C2H6IS9-. The zero-order chi connectivity index (χ0) is 9.89. The second-order valence-corrected chi connectivity index (χ2v) is 30.2. The lowest BCUT2D eigenvalue weighted by atomic mass is 11.9. The Morgan fingerprint density at radius 1 is 1.08 bits per heavy atom. The van der Waals surface area contributed by atoms with E-state index < -0.39 is 0 Å². The highest BCUT2D eigenvalue weighted by Crippen LogP contribution is 1.82. The van der Waals surface area contributed by atoms with Crippen LogP contribution in [0.2, 0.25) is 0 Å². The number of hydrogen-bond acceptors (Lipinski definition) is 5. The molecule has 0 rings (SSSR count). The Morgan fingerprint density at radius 2 is 1.50 bits per heavy atom. The highest BCUT2D eigenvalue weighted by molar-refractivity contribution is 14.2. The standard InChI is InChI=1S/C2H6IS9/c1-8(2)10(5)12(7)11(6)9(3)4/h1-2H3/q-1. The van der Waals surface area contributed by atoms with Crippen molar-refractivity contribution in [2.45, 2.75) is 0 Å². The molecule has 0 aromatic carbocycles. The quantitative estimate of drug-likeness (QED) is 0.312. The highest BCUT2D eigenvalue weighted by Gasteiger charge is 1.66. The van der Waals surface area contributed by atoms with Crippen LogP contribution in [0.4, 0.5) is 0 Å². The molecule has 0 N–H and O–H groups in total. The first-order valence-corrected chi connectivity index (χ1v) is 17.6. The first-order chi connectivity index (χ1) is 5.37. The van der Waals surface area contributed by atoms with Gasteiger partial charge in [-0.2, -0.15) is 6.57 Å². The lowest BCUT2D eigenvalue weighted by molar-refractivity contribution is 2.35. The van der Waals surface area contributed by atoms with Gasteiger partial charge >= 0.3 is 0 Å². The largest absolute Gasteiger partial charge is 0.282 e. The number of halogens is 1. The van der Waals surface area contributed by atoms with Gasteiger partial charge in [0.05, 0.1) is 0 Å². The fraction of sp³-hybridized carbons (Fsp3) is 1.00. The summed E-state index contributed by atoms with van der Waals surface area (Å²) in [4.78, 5) is 0. The van der Waals surface area contributed by atoms with Crippen LogP contribution in [0.15, 0.2) is 0 Å². The van der Waals surface area contributed by atoms with Crippen LogP contribution >= 0.6 is 21.2 Å². The maximum atomic E-state index is 5.32. The minimum atomic E-state index is -0.247. The third kappa shape index (κ3) is 5.16. The Hall–Kier alpha value is 2.97. The van der Waals surface area contributed by atoms with Gasteiger partial charge in [-0.25, -0.2) is 32.4 Å². The summed E-state index contributed by atoms with van der Waals surface area (Å²) in [6.07, 6.45) is 4.26. The average Bonchev–Trinajstić information content (AvgIpc) is 2.00. The first kappa shape index (κ1) is 15.0. The van der Waals surface area contributed by atoms with Crippen molar-refractivity contribution in [3.63, 3.8) is 0 Å². The van der Waals surface area contributed by atoms with E-state index in [2.05, 4.69) is 33.7 Å². The van der Waals surface area contributed by atoms with Gasteiger partial charge in [0, 0.05) is 0 Å². The second kappa shape index (κ2) is 7.28. The van der Waals surface area contributed by atoms with Crippen molar-refractivity contribution in [2.75, 3.05) is 12.5 Å². The maximum Gasteiger partial charge on any atom is -0.00304 e. The summed E-state index contributed by atoms with van der Waals surface area (Å²) < 4.78 is 0. The van der Waals surface area contributed by atoms with Crippen LogP contribution < -0.4 is 0 Å². The van der Waals surface area contributed by atoms with Crippen LogP contribution in [0, 0.1) is 0 Å². The second-order valence-electron chi connectivity index (χ2n) is 1.55. The molecule has 0 aliphatic carbocycles. The molecule has 76 valence electrons. The third-order valence-corrected chi connectivity index (χ3v) is 39.2. The van der Waals surface area contributed by atoms with Gasteiger partial charge in [0.2, 0.25) is 0 Å². The molecule has 0 bridgehead atoms. The molecule has 0 aromatic rings. The average molecular weight is 446 g/mol. The Labute approximate surface area is 111 Å². The smallest absolute Gasteiger partial charge is 0.00304 e. The van der Waals surface area contributed by atoms with Gasteiger partial charge in [0.15, 0.2) is 0 Å². The molecule has 0 aromatic heterocycles. The molecule has 0 radical (unpaired) electrons. The normalized spacial score (nSPS) is 10.4. The van der Waals surface area contributed by atoms with Crippen molar-refractivity contribution >= 4 is 100 Å². The Morgan fingerprint density at radius 3 is 1.75 bits per heavy atom. The van der Waals surface area contributed by atoms with E-state index in [1.807, 2.05) is 0 Å². The maximum absolute atomic E-state index is 5.32. The van der Waals surface area contributed by atoms with Gasteiger partial charge < -0.3 is 0 Å². The molecule has 10 heteroatoms. The molecule has 0 atom stereocenters. The monoisotopic (exact) mass is 445 g/mol. The zero-order valence-corrected chi connectivity index (χ0v) is 15.6. The van der Waals surface area contributed by atoms with Gasteiger partial charge in [-0.3, -0.25) is 5.18 Å². The summed E-state index contributed by atoms with van der Waals surface area (Å²) in [6, 6.07) is 0. The Kier molecular flexibility index (Phi) is 9.08. The molecule has 12 heavy (non-hydrogen) atoms.